The van der Waals surface area contributed by atoms with Gasteiger partial charge in [0.15, 0.2) is 0 Å². The van der Waals surface area contributed by atoms with E-state index in [9.17, 15) is 4.79 Å². The van der Waals surface area contributed by atoms with E-state index < -0.39 is 0 Å². The van der Waals surface area contributed by atoms with Crippen LogP contribution < -0.4 is 10.2 Å². The number of piperidine rings is 1. The molecule has 0 radical (unpaired) electrons. The Morgan fingerprint density at radius 1 is 1.28 bits per heavy atom. The molecule has 9 heteroatoms. The second-order valence-electron chi connectivity index (χ2n) is 7.50. The predicted octanol–water partition coefficient (Wildman–Crippen LogP) is 2.49. The van der Waals surface area contributed by atoms with E-state index in [1.54, 1.807) is 24.0 Å². The summed E-state index contributed by atoms with van der Waals surface area (Å²) in [6.07, 6.45) is 5.76. The Kier molecular flexibility index (Phi) is 5.75. The van der Waals surface area contributed by atoms with Gasteiger partial charge in [0.2, 0.25) is 5.91 Å². The molecular formula is C20H27N7OS. The maximum Gasteiger partial charge on any atom is 0.223 e. The summed E-state index contributed by atoms with van der Waals surface area (Å²) in [6, 6.07) is 0. The number of fused-ring (bicyclic) bond motifs is 1. The van der Waals surface area contributed by atoms with Gasteiger partial charge in [-0.1, -0.05) is 0 Å². The highest BCUT2D eigenvalue weighted by atomic mass is 32.1. The molecular weight excluding hydrogens is 386 g/mol. The molecule has 1 aliphatic heterocycles. The van der Waals surface area contributed by atoms with Gasteiger partial charge in [0.25, 0.3) is 0 Å². The van der Waals surface area contributed by atoms with Gasteiger partial charge in [-0.05, 0) is 39.2 Å². The molecule has 1 aliphatic rings. The monoisotopic (exact) mass is 413 g/mol. The first-order chi connectivity index (χ1) is 14.1. The average molecular weight is 414 g/mol. The molecule has 1 fully saturated rings. The quantitative estimate of drug-likeness (QED) is 0.668. The molecule has 1 amide bonds. The number of aryl methyl sites for hydroxylation is 3. The number of hydrogen-bond donors (Lipinski definition) is 1. The van der Waals surface area contributed by atoms with Crippen LogP contribution in [0, 0.1) is 19.8 Å². The van der Waals surface area contributed by atoms with Crippen LogP contribution in [0.2, 0.25) is 0 Å². The largest absolute Gasteiger partial charge is 0.356 e. The van der Waals surface area contributed by atoms with E-state index in [1.165, 1.54) is 10.4 Å². The highest BCUT2D eigenvalue weighted by Gasteiger charge is 2.27. The minimum absolute atomic E-state index is 0.0536. The molecule has 3 aromatic rings. The normalized spacial score (nSPS) is 15.2. The van der Waals surface area contributed by atoms with E-state index in [4.69, 9.17) is 0 Å². The molecule has 0 aromatic carbocycles. The maximum absolute atomic E-state index is 12.6. The average Bonchev–Trinajstić information content (AvgIpc) is 3.32. The van der Waals surface area contributed by atoms with Crippen molar-refractivity contribution in [1.82, 2.24) is 30.0 Å². The zero-order valence-electron chi connectivity index (χ0n) is 17.2. The van der Waals surface area contributed by atoms with Gasteiger partial charge in [0.1, 0.15) is 29.1 Å². The van der Waals surface area contributed by atoms with Gasteiger partial charge < -0.3 is 14.8 Å². The van der Waals surface area contributed by atoms with Crippen molar-refractivity contribution in [2.45, 2.75) is 46.6 Å². The number of hydrogen-bond acceptors (Lipinski definition) is 7. The van der Waals surface area contributed by atoms with Crippen molar-refractivity contribution in [2.75, 3.05) is 24.5 Å². The van der Waals surface area contributed by atoms with Crippen LogP contribution in [0.15, 0.2) is 12.7 Å². The number of amides is 1. The number of nitrogens with one attached hydrogen (secondary N) is 1. The third kappa shape index (κ3) is 3.96. The smallest absolute Gasteiger partial charge is 0.223 e. The Morgan fingerprint density at radius 3 is 2.83 bits per heavy atom. The number of nitrogens with zero attached hydrogens (tertiary/aromatic N) is 6. The van der Waals surface area contributed by atoms with Gasteiger partial charge in [-0.2, -0.15) is 0 Å². The van der Waals surface area contributed by atoms with E-state index in [0.29, 0.717) is 13.0 Å². The van der Waals surface area contributed by atoms with Gasteiger partial charge in [-0.25, -0.2) is 9.97 Å². The predicted molar refractivity (Wildman–Crippen MR) is 114 cm³/mol. The van der Waals surface area contributed by atoms with Crippen molar-refractivity contribution >= 4 is 33.3 Å². The summed E-state index contributed by atoms with van der Waals surface area (Å²) in [6.45, 7) is 9.44. The second-order valence-corrected chi connectivity index (χ2v) is 8.70. The van der Waals surface area contributed by atoms with Crippen LogP contribution in [0.3, 0.4) is 0 Å². The summed E-state index contributed by atoms with van der Waals surface area (Å²) in [5.74, 6) is 2.12. The highest BCUT2D eigenvalue weighted by molar-refractivity contribution is 7.18. The Morgan fingerprint density at radius 2 is 2.07 bits per heavy atom. The third-order valence-corrected chi connectivity index (χ3v) is 6.91. The number of thiophene rings is 1. The number of anilines is 1. The van der Waals surface area contributed by atoms with Crippen LogP contribution in [-0.2, 0) is 17.8 Å². The van der Waals surface area contributed by atoms with E-state index in [2.05, 4.69) is 51.2 Å². The molecule has 0 atom stereocenters. The molecule has 0 bridgehead atoms. The molecule has 4 heterocycles. The van der Waals surface area contributed by atoms with Crippen molar-refractivity contribution in [3.8, 4) is 0 Å². The van der Waals surface area contributed by atoms with E-state index in [0.717, 1.165) is 54.3 Å². The Hall–Kier alpha value is -2.55. The molecule has 1 N–H and O–H groups in total. The van der Waals surface area contributed by atoms with Crippen molar-refractivity contribution in [3.05, 3.63) is 28.9 Å². The van der Waals surface area contributed by atoms with Crippen molar-refractivity contribution in [3.63, 3.8) is 0 Å². The lowest BCUT2D eigenvalue weighted by molar-refractivity contribution is -0.125. The van der Waals surface area contributed by atoms with E-state index in [-0.39, 0.29) is 11.8 Å². The molecule has 0 aliphatic carbocycles. The van der Waals surface area contributed by atoms with Crippen LogP contribution >= 0.6 is 11.3 Å². The zero-order chi connectivity index (χ0) is 20.4. The molecule has 0 saturated carbocycles. The van der Waals surface area contributed by atoms with Crippen LogP contribution in [0.1, 0.15) is 36.0 Å². The fourth-order valence-corrected chi connectivity index (χ4v) is 4.93. The summed E-state index contributed by atoms with van der Waals surface area (Å²) in [4.78, 5) is 26.2. The molecule has 1 saturated heterocycles. The summed E-state index contributed by atoms with van der Waals surface area (Å²) in [7, 11) is 0. The molecule has 0 unspecified atom stereocenters. The number of carbonyl (C=O) groups excluding carboxylic acids is 1. The minimum Gasteiger partial charge on any atom is -0.356 e. The van der Waals surface area contributed by atoms with Gasteiger partial charge in [-0.3, -0.25) is 4.79 Å². The maximum atomic E-state index is 12.6. The standard InChI is InChI=1S/C20H27N7OS/c1-4-26-12-24-25-16(26)5-8-21-19(28)15-6-9-27(10-7-15)18-17-13(2)14(3)29-20(17)23-11-22-18/h11-12,15H,4-10H2,1-3H3,(H,21,28). The summed E-state index contributed by atoms with van der Waals surface area (Å²) >= 11 is 1.72. The Labute approximate surface area is 174 Å². The molecule has 3 aromatic heterocycles. The molecule has 154 valence electrons. The van der Waals surface area contributed by atoms with Crippen LogP contribution in [-0.4, -0.2) is 50.3 Å². The molecule has 0 spiro atoms. The number of rotatable bonds is 6. The Bertz CT molecular complexity index is 1000. The summed E-state index contributed by atoms with van der Waals surface area (Å²) < 4.78 is 2.00. The van der Waals surface area contributed by atoms with Crippen LogP contribution in [0.4, 0.5) is 5.82 Å². The second kappa shape index (κ2) is 8.44. The lowest BCUT2D eigenvalue weighted by Crippen LogP contribution is -2.41. The SMILES string of the molecule is CCn1cnnc1CCNC(=O)C1CCN(c2ncnc3sc(C)c(C)c23)CC1. The van der Waals surface area contributed by atoms with Crippen molar-refractivity contribution < 1.29 is 4.79 Å². The number of carbonyl (C=O) groups is 1. The first kappa shape index (κ1) is 19.8. The highest BCUT2D eigenvalue weighted by Crippen LogP contribution is 2.35. The van der Waals surface area contributed by atoms with E-state index >= 15 is 0 Å². The van der Waals surface area contributed by atoms with E-state index in [1.807, 2.05) is 4.57 Å². The first-order valence-electron chi connectivity index (χ1n) is 10.2. The number of aromatic nitrogens is 5. The van der Waals surface area contributed by atoms with Gasteiger partial charge in [0.05, 0.1) is 5.39 Å². The zero-order valence-corrected chi connectivity index (χ0v) is 18.0. The summed E-state index contributed by atoms with van der Waals surface area (Å²) in [5, 5.41) is 12.3. The van der Waals surface area contributed by atoms with Crippen LogP contribution in [0.5, 0.6) is 0 Å². The third-order valence-electron chi connectivity index (χ3n) is 5.79. The lowest BCUT2D eigenvalue weighted by Gasteiger charge is -2.32. The minimum atomic E-state index is 0.0536. The molecule has 4 rings (SSSR count). The Balaban J connectivity index is 1.33. The first-order valence-corrected chi connectivity index (χ1v) is 11.0. The lowest BCUT2D eigenvalue weighted by atomic mass is 9.95. The van der Waals surface area contributed by atoms with Gasteiger partial charge in [0, 0.05) is 43.4 Å². The van der Waals surface area contributed by atoms with Gasteiger partial charge in [-0.15, -0.1) is 21.5 Å². The topological polar surface area (TPSA) is 88.8 Å². The fraction of sp³-hybridized carbons (Fsp3) is 0.550. The summed E-state index contributed by atoms with van der Waals surface area (Å²) in [5.41, 5.74) is 1.26. The fourth-order valence-electron chi connectivity index (χ4n) is 3.94. The van der Waals surface area contributed by atoms with Crippen molar-refractivity contribution in [2.24, 2.45) is 5.92 Å². The molecule has 29 heavy (non-hydrogen) atoms. The molecule has 8 nitrogen and oxygen atoms in total. The van der Waals surface area contributed by atoms with Gasteiger partial charge >= 0.3 is 0 Å². The van der Waals surface area contributed by atoms with Crippen molar-refractivity contribution in [1.29, 1.82) is 0 Å². The van der Waals surface area contributed by atoms with Crippen LogP contribution in [0.25, 0.3) is 10.2 Å².